The van der Waals surface area contributed by atoms with Gasteiger partial charge < -0.3 is 5.73 Å². The van der Waals surface area contributed by atoms with Crippen molar-refractivity contribution in [3.8, 4) is 0 Å². The Hall–Kier alpha value is -0.940. The molecule has 14 heavy (non-hydrogen) atoms. The van der Waals surface area contributed by atoms with Crippen LogP contribution in [0, 0.1) is 0 Å². The van der Waals surface area contributed by atoms with Gasteiger partial charge in [0.1, 0.15) is 0 Å². The Morgan fingerprint density at radius 1 is 1.43 bits per heavy atom. The molecule has 0 aliphatic carbocycles. The zero-order chi connectivity index (χ0) is 10.1. The first-order chi connectivity index (χ1) is 6.66. The number of rotatable bonds is 1. The van der Waals surface area contributed by atoms with Crippen LogP contribution in [-0.2, 0) is 9.59 Å². The largest absolute Gasteiger partial charge is 0.327 e. The van der Waals surface area contributed by atoms with Crippen molar-refractivity contribution < 1.29 is 9.59 Å². The van der Waals surface area contributed by atoms with Gasteiger partial charge in [-0.25, -0.2) is 0 Å². The number of amides is 2. The summed E-state index contributed by atoms with van der Waals surface area (Å²) < 4.78 is 0. The summed E-state index contributed by atoms with van der Waals surface area (Å²) in [5, 5.41) is 2.32. The molecule has 0 bridgehead atoms. The number of nitrogens with two attached hydrogens (primary N) is 1. The highest BCUT2D eigenvalue weighted by molar-refractivity contribution is 6.05. The second-order valence-electron chi connectivity index (χ2n) is 4.03. The van der Waals surface area contributed by atoms with Gasteiger partial charge >= 0.3 is 0 Å². The molecule has 0 aromatic heterocycles. The minimum atomic E-state index is -0.270. The maximum absolute atomic E-state index is 11.4. The fourth-order valence-electron chi connectivity index (χ4n) is 2.16. The van der Waals surface area contributed by atoms with E-state index in [0.717, 1.165) is 25.9 Å². The monoisotopic (exact) mass is 197 g/mol. The van der Waals surface area contributed by atoms with E-state index in [0.29, 0.717) is 6.42 Å². The summed E-state index contributed by atoms with van der Waals surface area (Å²) in [7, 11) is 0. The van der Waals surface area contributed by atoms with E-state index < -0.39 is 0 Å². The lowest BCUT2D eigenvalue weighted by Gasteiger charge is -2.33. The normalized spacial score (nSPS) is 34.6. The zero-order valence-electron chi connectivity index (χ0n) is 8.03. The van der Waals surface area contributed by atoms with Crippen LogP contribution in [-0.4, -0.2) is 41.9 Å². The van der Waals surface area contributed by atoms with Gasteiger partial charge in [-0.2, -0.15) is 0 Å². The summed E-state index contributed by atoms with van der Waals surface area (Å²) in [5.41, 5.74) is 5.81. The molecule has 2 fully saturated rings. The van der Waals surface area contributed by atoms with E-state index in [2.05, 4.69) is 5.32 Å². The van der Waals surface area contributed by atoms with Crippen molar-refractivity contribution in [2.75, 3.05) is 13.1 Å². The summed E-state index contributed by atoms with van der Waals surface area (Å²) in [6.45, 7) is 1.60. The number of carbonyl (C=O) groups is 2. The van der Waals surface area contributed by atoms with Crippen LogP contribution in [0.4, 0.5) is 0 Å². The third-order valence-electron chi connectivity index (χ3n) is 2.87. The smallest absolute Gasteiger partial charge is 0.244 e. The van der Waals surface area contributed by atoms with Gasteiger partial charge in [0.25, 0.3) is 0 Å². The molecule has 78 valence electrons. The summed E-state index contributed by atoms with van der Waals surface area (Å²) >= 11 is 0. The van der Waals surface area contributed by atoms with E-state index >= 15 is 0 Å². The van der Waals surface area contributed by atoms with Gasteiger partial charge in [0, 0.05) is 12.6 Å². The third-order valence-corrected chi connectivity index (χ3v) is 2.87. The molecule has 2 rings (SSSR count). The Balaban J connectivity index is 2.00. The minimum absolute atomic E-state index is 0.146. The Kier molecular flexibility index (Phi) is 2.52. The Bertz CT molecular complexity index is 267. The van der Waals surface area contributed by atoms with Crippen LogP contribution in [0.25, 0.3) is 0 Å². The number of hydrogen-bond acceptors (Lipinski definition) is 4. The van der Waals surface area contributed by atoms with E-state index in [4.69, 9.17) is 5.73 Å². The molecule has 2 aliphatic rings. The molecule has 0 radical (unpaired) electrons. The summed E-state index contributed by atoms with van der Waals surface area (Å²) in [6, 6.07) is -0.124. The fourth-order valence-corrected chi connectivity index (χ4v) is 2.16. The van der Waals surface area contributed by atoms with Gasteiger partial charge in [-0.15, -0.1) is 0 Å². The van der Waals surface area contributed by atoms with Crippen molar-refractivity contribution in [1.29, 1.82) is 0 Å². The van der Waals surface area contributed by atoms with Crippen molar-refractivity contribution in [2.24, 2.45) is 5.73 Å². The first kappa shape index (κ1) is 9.61. The number of piperidine rings is 1. The van der Waals surface area contributed by atoms with E-state index in [1.54, 1.807) is 0 Å². The molecule has 5 heteroatoms. The summed E-state index contributed by atoms with van der Waals surface area (Å²) in [6.07, 6.45) is 2.32. The van der Waals surface area contributed by atoms with E-state index in [9.17, 15) is 9.59 Å². The second kappa shape index (κ2) is 3.67. The van der Waals surface area contributed by atoms with Crippen LogP contribution in [0.15, 0.2) is 0 Å². The molecule has 5 nitrogen and oxygen atoms in total. The van der Waals surface area contributed by atoms with Crippen molar-refractivity contribution in [3.05, 3.63) is 0 Å². The predicted molar refractivity (Wildman–Crippen MR) is 50.3 cm³/mol. The number of likely N-dealkylation sites (tertiary alicyclic amines) is 1. The molecule has 2 unspecified atom stereocenters. The average Bonchev–Trinajstić information content (AvgIpc) is 2.45. The molecule has 2 amide bonds. The van der Waals surface area contributed by atoms with Gasteiger partial charge in [0.15, 0.2) is 0 Å². The standard InChI is InChI=1S/C9H15N3O2/c10-6-2-1-3-12(5-6)7-4-8(13)11-9(7)14/h6-7H,1-5,10H2,(H,11,13,14). The number of nitrogens with one attached hydrogen (secondary N) is 1. The first-order valence-corrected chi connectivity index (χ1v) is 5.00. The van der Waals surface area contributed by atoms with Crippen LogP contribution in [0.1, 0.15) is 19.3 Å². The molecule has 2 aliphatic heterocycles. The lowest BCUT2D eigenvalue weighted by atomic mass is 10.0. The van der Waals surface area contributed by atoms with Crippen molar-refractivity contribution in [3.63, 3.8) is 0 Å². The molecule has 3 N–H and O–H groups in total. The highest BCUT2D eigenvalue weighted by Crippen LogP contribution is 2.16. The van der Waals surface area contributed by atoms with Crippen LogP contribution >= 0.6 is 0 Å². The van der Waals surface area contributed by atoms with Crippen molar-refractivity contribution in [1.82, 2.24) is 10.2 Å². The summed E-state index contributed by atoms with van der Waals surface area (Å²) in [5.74, 6) is -0.330. The van der Waals surface area contributed by atoms with E-state index in [1.807, 2.05) is 4.90 Å². The molecule has 0 aromatic carbocycles. The van der Waals surface area contributed by atoms with Gasteiger partial charge in [0.05, 0.1) is 12.5 Å². The van der Waals surface area contributed by atoms with Crippen LogP contribution < -0.4 is 11.1 Å². The lowest BCUT2D eigenvalue weighted by Crippen LogP contribution is -2.50. The maximum atomic E-state index is 11.4. The molecular formula is C9H15N3O2. The van der Waals surface area contributed by atoms with Crippen molar-refractivity contribution in [2.45, 2.75) is 31.3 Å². The van der Waals surface area contributed by atoms with Gasteiger partial charge in [-0.05, 0) is 19.4 Å². The topological polar surface area (TPSA) is 75.4 Å². The Morgan fingerprint density at radius 2 is 2.21 bits per heavy atom. The highest BCUT2D eigenvalue weighted by atomic mass is 16.2. The van der Waals surface area contributed by atoms with Gasteiger partial charge in [-0.3, -0.25) is 19.8 Å². The van der Waals surface area contributed by atoms with Crippen LogP contribution in [0.3, 0.4) is 0 Å². The summed E-state index contributed by atoms with van der Waals surface area (Å²) in [4.78, 5) is 24.4. The number of hydrogen-bond donors (Lipinski definition) is 2. The number of nitrogens with zero attached hydrogens (tertiary/aromatic N) is 1. The molecule has 2 heterocycles. The van der Waals surface area contributed by atoms with E-state index in [1.165, 1.54) is 0 Å². The third kappa shape index (κ3) is 1.78. The SMILES string of the molecule is NC1CCCN(C2CC(=O)NC2=O)C1. The Morgan fingerprint density at radius 3 is 2.79 bits per heavy atom. The lowest BCUT2D eigenvalue weighted by molar-refractivity contribution is -0.126. The highest BCUT2D eigenvalue weighted by Gasteiger charge is 2.36. The number of carbonyl (C=O) groups excluding carboxylic acids is 2. The molecular weight excluding hydrogens is 182 g/mol. The average molecular weight is 197 g/mol. The van der Waals surface area contributed by atoms with Gasteiger partial charge in [-0.1, -0.05) is 0 Å². The number of imide groups is 1. The maximum Gasteiger partial charge on any atom is 0.244 e. The molecule has 2 saturated heterocycles. The minimum Gasteiger partial charge on any atom is -0.327 e. The molecule has 0 saturated carbocycles. The molecule has 0 aromatic rings. The first-order valence-electron chi connectivity index (χ1n) is 5.00. The van der Waals surface area contributed by atoms with Gasteiger partial charge in [0.2, 0.25) is 11.8 Å². The second-order valence-corrected chi connectivity index (χ2v) is 4.03. The van der Waals surface area contributed by atoms with E-state index in [-0.39, 0.29) is 23.9 Å². The van der Waals surface area contributed by atoms with Crippen LogP contribution in [0.5, 0.6) is 0 Å². The van der Waals surface area contributed by atoms with Crippen LogP contribution in [0.2, 0.25) is 0 Å². The Labute approximate surface area is 82.6 Å². The quantitative estimate of drug-likeness (QED) is 0.519. The predicted octanol–water partition coefficient (Wildman–Crippen LogP) is -1.18. The fraction of sp³-hybridized carbons (Fsp3) is 0.778. The van der Waals surface area contributed by atoms with Crippen molar-refractivity contribution >= 4 is 11.8 Å². The zero-order valence-corrected chi connectivity index (χ0v) is 8.03. The molecule has 2 atom stereocenters. The molecule has 0 spiro atoms.